The van der Waals surface area contributed by atoms with Crippen LogP contribution in [0.5, 0.6) is 0 Å². The number of unbranched alkanes of at least 4 members (excludes halogenated alkanes) is 11. The second kappa shape index (κ2) is 15.7. The lowest BCUT2D eigenvalue weighted by Gasteiger charge is -2.28. The Labute approximate surface area is 210 Å². The summed E-state index contributed by atoms with van der Waals surface area (Å²) in [5.41, 5.74) is -0.879. The third kappa shape index (κ3) is 11.4. The fourth-order valence-electron chi connectivity index (χ4n) is 4.12. The highest BCUT2D eigenvalue weighted by Gasteiger charge is 2.44. The molecule has 1 rings (SSSR count). The second-order valence-corrected chi connectivity index (χ2v) is 10.7. The Morgan fingerprint density at radius 1 is 0.914 bits per heavy atom. The average Bonchev–Trinajstić information content (AvgIpc) is 3.04. The van der Waals surface area contributed by atoms with E-state index in [1.165, 1.54) is 51.4 Å². The van der Waals surface area contributed by atoms with Crippen LogP contribution in [-0.2, 0) is 23.9 Å². The third-order valence-electron chi connectivity index (χ3n) is 6.42. The van der Waals surface area contributed by atoms with E-state index in [4.69, 9.17) is 9.47 Å². The standard InChI is InChI=1S/C27H46O8/c1-5-6-7-8-9-10-11-12-13-14-15-16-17-19(24(30)31)18-20(34-26(33)27(2,3)4)23-21(28)22(29)25(32)35-23/h19-20,23,28-29H,5-18H2,1-4H3,(H,30,31)/t19?,20-,23+/m0/s1. The fraction of sp³-hybridized carbons (Fsp3) is 0.815. The number of hydrogen-bond acceptors (Lipinski definition) is 7. The van der Waals surface area contributed by atoms with Crippen molar-refractivity contribution in [2.24, 2.45) is 11.3 Å². The van der Waals surface area contributed by atoms with E-state index < -0.39 is 53.0 Å². The molecule has 0 bridgehead atoms. The predicted octanol–water partition coefficient (Wildman–Crippen LogP) is 6.38. The molecule has 1 heterocycles. The van der Waals surface area contributed by atoms with E-state index >= 15 is 0 Å². The number of carbonyl (C=O) groups excluding carboxylic acids is 2. The molecule has 3 atom stereocenters. The Kier molecular flexibility index (Phi) is 13.8. The number of esters is 2. The molecule has 0 aromatic heterocycles. The van der Waals surface area contributed by atoms with Gasteiger partial charge in [0.15, 0.2) is 11.9 Å². The first-order valence-corrected chi connectivity index (χ1v) is 13.3. The van der Waals surface area contributed by atoms with Crippen molar-refractivity contribution >= 4 is 17.9 Å². The summed E-state index contributed by atoms with van der Waals surface area (Å²) in [6.45, 7) is 7.14. The summed E-state index contributed by atoms with van der Waals surface area (Å²) in [4.78, 5) is 36.0. The van der Waals surface area contributed by atoms with Crippen LogP contribution in [0.3, 0.4) is 0 Å². The minimum Gasteiger partial charge on any atom is -0.505 e. The molecule has 1 unspecified atom stereocenters. The van der Waals surface area contributed by atoms with Gasteiger partial charge in [0.05, 0.1) is 11.3 Å². The fourth-order valence-corrected chi connectivity index (χ4v) is 4.12. The molecule has 0 saturated carbocycles. The molecule has 202 valence electrons. The first kappa shape index (κ1) is 30.8. The van der Waals surface area contributed by atoms with Gasteiger partial charge in [-0.2, -0.15) is 0 Å². The number of carbonyl (C=O) groups is 3. The molecule has 0 spiro atoms. The highest BCUT2D eigenvalue weighted by molar-refractivity contribution is 5.89. The highest BCUT2D eigenvalue weighted by Crippen LogP contribution is 2.30. The molecular weight excluding hydrogens is 452 g/mol. The smallest absolute Gasteiger partial charge is 0.378 e. The van der Waals surface area contributed by atoms with Crippen molar-refractivity contribution in [2.75, 3.05) is 0 Å². The normalized spacial score (nSPS) is 17.8. The summed E-state index contributed by atoms with van der Waals surface area (Å²) >= 11 is 0. The lowest BCUT2D eigenvalue weighted by Crippen LogP contribution is -2.39. The van der Waals surface area contributed by atoms with Crippen LogP contribution in [0.2, 0.25) is 0 Å². The van der Waals surface area contributed by atoms with E-state index in [1.807, 2.05) is 0 Å². The van der Waals surface area contributed by atoms with Gasteiger partial charge >= 0.3 is 17.9 Å². The van der Waals surface area contributed by atoms with Crippen molar-refractivity contribution in [3.05, 3.63) is 11.5 Å². The lowest BCUT2D eigenvalue weighted by molar-refractivity contribution is -0.172. The van der Waals surface area contributed by atoms with Crippen molar-refractivity contribution in [1.82, 2.24) is 0 Å². The molecule has 1 aliphatic heterocycles. The van der Waals surface area contributed by atoms with Crippen LogP contribution in [0.1, 0.15) is 118 Å². The average molecular weight is 499 g/mol. The van der Waals surface area contributed by atoms with Crippen molar-refractivity contribution in [3.8, 4) is 0 Å². The Bertz CT molecular complexity index is 706. The summed E-state index contributed by atoms with van der Waals surface area (Å²) in [6.07, 6.45) is 11.7. The molecule has 0 fully saturated rings. The highest BCUT2D eigenvalue weighted by atomic mass is 16.6. The van der Waals surface area contributed by atoms with Crippen LogP contribution in [0.15, 0.2) is 11.5 Å². The molecule has 35 heavy (non-hydrogen) atoms. The van der Waals surface area contributed by atoms with Gasteiger partial charge in [0.1, 0.15) is 6.10 Å². The van der Waals surface area contributed by atoms with E-state index in [9.17, 15) is 29.7 Å². The van der Waals surface area contributed by atoms with Crippen LogP contribution < -0.4 is 0 Å². The number of rotatable bonds is 18. The van der Waals surface area contributed by atoms with Gasteiger partial charge in [-0.05, 0) is 27.2 Å². The quantitative estimate of drug-likeness (QED) is 0.147. The summed E-state index contributed by atoms with van der Waals surface area (Å²) in [5.74, 6) is -5.31. The molecule has 0 radical (unpaired) electrons. The minimum atomic E-state index is -1.42. The number of ether oxygens (including phenoxy) is 2. The number of aliphatic hydroxyl groups excluding tert-OH is 2. The van der Waals surface area contributed by atoms with Crippen LogP contribution in [0.25, 0.3) is 0 Å². The van der Waals surface area contributed by atoms with Gasteiger partial charge in [-0.3, -0.25) is 9.59 Å². The van der Waals surface area contributed by atoms with E-state index in [2.05, 4.69) is 6.92 Å². The molecule has 0 saturated heterocycles. The number of aliphatic carboxylic acids is 1. The van der Waals surface area contributed by atoms with Gasteiger partial charge in [-0.25, -0.2) is 4.79 Å². The maximum Gasteiger partial charge on any atom is 0.378 e. The number of cyclic esters (lactones) is 1. The molecular formula is C27H46O8. The summed E-state index contributed by atoms with van der Waals surface area (Å²) in [7, 11) is 0. The molecule has 0 aromatic rings. The zero-order valence-corrected chi connectivity index (χ0v) is 22.0. The second-order valence-electron chi connectivity index (χ2n) is 10.7. The SMILES string of the molecule is CCCCCCCCCCCCCCC(C[C@H](OC(=O)C(C)(C)C)[C@H]1OC(=O)C(O)=C1O)C(=O)O. The first-order valence-electron chi connectivity index (χ1n) is 13.3. The Hall–Kier alpha value is -2.25. The van der Waals surface area contributed by atoms with Crippen LogP contribution in [0.4, 0.5) is 0 Å². The lowest BCUT2D eigenvalue weighted by atomic mass is 9.91. The molecule has 3 N–H and O–H groups in total. The summed E-state index contributed by atoms with van der Waals surface area (Å²) in [6, 6.07) is 0. The maximum atomic E-state index is 12.5. The molecule has 8 heteroatoms. The van der Waals surface area contributed by atoms with Gasteiger partial charge in [0.25, 0.3) is 0 Å². The zero-order chi connectivity index (χ0) is 26.4. The molecule has 0 amide bonds. The van der Waals surface area contributed by atoms with Gasteiger partial charge in [0.2, 0.25) is 5.76 Å². The zero-order valence-electron chi connectivity index (χ0n) is 22.0. The topological polar surface area (TPSA) is 130 Å². The van der Waals surface area contributed by atoms with Crippen LogP contribution >= 0.6 is 0 Å². The molecule has 8 nitrogen and oxygen atoms in total. The third-order valence-corrected chi connectivity index (χ3v) is 6.42. The first-order chi connectivity index (χ1) is 16.5. The minimum absolute atomic E-state index is 0.134. The number of carboxylic acids is 1. The van der Waals surface area contributed by atoms with Gasteiger partial charge in [0, 0.05) is 6.42 Å². The Morgan fingerprint density at radius 3 is 1.80 bits per heavy atom. The van der Waals surface area contributed by atoms with Crippen molar-refractivity contribution in [1.29, 1.82) is 0 Å². The molecule has 1 aliphatic rings. The van der Waals surface area contributed by atoms with E-state index in [0.29, 0.717) is 12.8 Å². The number of aliphatic hydroxyl groups is 2. The Morgan fingerprint density at radius 2 is 1.40 bits per heavy atom. The monoisotopic (exact) mass is 498 g/mol. The van der Waals surface area contributed by atoms with E-state index in [0.717, 1.165) is 19.3 Å². The number of hydrogen-bond donors (Lipinski definition) is 3. The van der Waals surface area contributed by atoms with Gasteiger partial charge in [-0.15, -0.1) is 0 Å². The van der Waals surface area contributed by atoms with Crippen molar-refractivity contribution in [3.63, 3.8) is 0 Å². The summed E-state index contributed by atoms with van der Waals surface area (Å²) < 4.78 is 10.5. The number of carboxylic acid groups (broad SMARTS) is 1. The van der Waals surface area contributed by atoms with Gasteiger partial charge < -0.3 is 24.8 Å². The largest absolute Gasteiger partial charge is 0.505 e. The summed E-state index contributed by atoms with van der Waals surface area (Å²) in [5, 5.41) is 29.5. The van der Waals surface area contributed by atoms with Crippen molar-refractivity contribution in [2.45, 2.75) is 130 Å². The van der Waals surface area contributed by atoms with Gasteiger partial charge in [-0.1, -0.05) is 84.0 Å². The molecule has 0 aromatic carbocycles. The predicted molar refractivity (Wildman–Crippen MR) is 133 cm³/mol. The Balaban J connectivity index is 2.51. The van der Waals surface area contributed by atoms with Crippen molar-refractivity contribution < 1.29 is 39.2 Å². The van der Waals surface area contributed by atoms with E-state index in [-0.39, 0.29) is 6.42 Å². The van der Waals surface area contributed by atoms with Crippen LogP contribution in [0, 0.1) is 11.3 Å². The van der Waals surface area contributed by atoms with E-state index in [1.54, 1.807) is 20.8 Å². The molecule has 0 aliphatic carbocycles. The van der Waals surface area contributed by atoms with Crippen LogP contribution in [-0.4, -0.2) is 45.4 Å². The maximum absolute atomic E-state index is 12.5.